The van der Waals surface area contributed by atoms with Crippen LogP contribution in [0.5, 0.6) is 5.75 Å². The maximum absolute atomic E-state index is 12.6. The first-order valence-corrected chi connectivity index (χ1v) is 10.6. The summed E-state index contributed by atoms with van der Waals surface area (Å²) in [5, 5.41) is 7.66. The third-order valence-electron chi connectivity index (χ3n) is 4.71. The van der Waals surface area contributed by atoms with E-state index in [1.165, 1.54) is 16.0 Å². The van der Waals surface area contributed by atoms with E-state index < -0.39 is 0 Å². The summed E-state index contributed by atoms with van der Waals surface area (Å²) in [7, 11) is 0. The summed E-state index contributed by atoms with van der Waals surface area (Å²) >= 11 is 1.38. The third-order valence-corrected chi connectivity index (χ3v) is 5.64. The van der Waals surface area contributed by atoms with Crippen LogP contribution in [-0.4, -0.2) is 64.4 Å². The minimum atomic E-state index is -0.254. The van der Waals surface area contributed by atoms with Crippen LogP contribution in [-0.2, 0) is 16.1 Å². The molecule has 0 bridgehead atoms. The van der Waals surface area contributed by atoms with Gasteiger partial charge in [-0.1, -0.05) is 11.3 Å². The van der Waals surface area contributed by atoms with Gasteiger partial charge in [0, 0.05) is 18.8 Å². The van der Waals surface area contributed by atoms with Gasteiger partial charge in [0.25, 0.3) is 5.91 Å². The summed E-state index contributed by atoms with van der Waals surface area (Å²) in [6, 6.07) is 7.34. The van der Waals surface area contributed by atoms with E-state index in [2.05, 4.69) is 15.4 Å². The Bertz CT molecular complexity index is 1070. The maximum Gasteiger partial charge on any atom is 0.274 e. The summed E-state index contributed by atoms with van der Waals surface area (Å²) in [5.74, 6) is 0.378. The standard InChI is InChI=1S/C20H23N5O4S/c1-3-29-14-4-5-15-17(11-14)30-20(21-15)22-18(26)12-25-13(2)10-16(23-25)19(27)24-6-8-28-9-7-24/h4-5,10-11H,3,6-9,12H2,1-2H3,(H,21,22,26). The van der Waals surface area contributed by atoms with Crippen molar-refractivity contribution in [2.24, 2.45) is 0 Å². The second-order valence-electron chi connectivity index (χ2n) is 6.86. The predicted molar refractivity (Wildman–Crippen MR) is 113 cm³/mol. The van der Waals surface area contributed by atoms with E-state index in [1.54, 1.807) is 11.0 Å². The number of carbonyl (C=O) groups excluding carboxylic acids is 2. The van der Waals surface area contributed by atoms with Crippen LogP contribution in [0.15, 0.2) is 24.3 Å². The Labute approximate surface area is 177 Å². The average molecular weight is 430 g/mol. The van der Waals surface area contributed by atoms with E-state index >= 15 is 0 Å². The number of amides is 2. The Kier molecular flexibility index (Phi) is 5.96. The second kappa shape index (κ2) is 8.80. The number of carbonyl (C=O) groups is 2. The molecule has 1 aliphatic heterocycles. The molecule has 30 heavy (non-hydrogen) atoms. The molecule has 3 heterocycles. The van der Waals surface area contributed by atoms with Crippen molar-refractivity contribution in [3.63, 3.8) is 0 Å². The van der Waals surface area contributed by atoms with Gasteiger partial charge in [0.2, 0.25) is 5.91 Å². The minimum Gasteiger partial charge on any atom is -0.494 e. The third kappa shape index (κ3) is 4.44. The van der Waals surface area contributed by atoms with Gasteiger partial charge in [-0.3, -0.25) is 14.3 Å². The molecule has 2 aromatic heterocycles. The van der Waals surface area contributed by atoms with Gasteiger partial charge in [0.15, 0.2) is 10.8 Å². The molecular formula is C20H23N5O4S. The van der Waals surface area contributed by atoms with Crippen LogP contribution >= 0.6 is 11.3 Å². The number of aromatic nitrogens is 3. The predicted octanol–water partition coefficient (Wildman–Crippen LogP) is 2.31. The van der Waals surface area contributed by atoms with Gasteiger partial charge in [0.05, 0.1) is 30.0 Å². The van der Waals surface area contributed by atoms with Crippen LogP contribution in [0, 0.1) is 6.92 Å². The number of nitrogens with zero attached hydrogens (tertiary/aromatic N) is 4. The van der Waals surface area contributed by atoms with Gasteiger partial charge in [-0.05, 0) is 38.1 Å². The monoisotopic (exact) mass is 429 g/mol. The summed E-state index contributed by atoms with van der Waals surface area (Å²) in [5.41, 5.74) is 1.88. The number of hydrogen-bond donors (Lipinski definition) is 1. The van der Waals surface area contributed by atoms with Gasteiger partial charge < -0.3 is 19.7 Å². The topological polar surface area (TPSA) is 98.6 Å². The van der Waals surface area contributed by atoms with E-state index in [0.29, 0.717) is 43.7 Å². The molecule has 0 aliphatic carbocycles. The Morgan fingerprint density at radius 2 is 2.07 bits per heavy atom. The van der Waals surface area contributed by atoms with Crippen LogP contribution in [0.3, 0.4) is 0 Å². The Balaban J connectivity index is 1.42. The van der Waals surface area contributed by atoms with Gasteiger partial charge in [-0.25, -0.2) is 4.98 Å². The number of ether oxygens (including phenoxy) is 2. The van der Waals surface area contributed by atoms with Gasteiger partial charge in [0.1, 0.15) is 12.3 Å². The fourth-order valence-electron chi connectivity index (χ4n) is 3.21. The number of anilines is 1. The van der Waals surface area contributed by atoms with E-state index in [-0.39, 0.29) is 18.4 Å². The quantitative estimate of drug-likeness (QED) is 0.646. The highest BCUT2D eigenvalue weighted by Crippen LogP contribution is 2.29. The van der Waals surface area contributed by atoms with Crippen molar-refractivity contribution >= 4 is 38.5 Å². The van der Waals surface area contributed by atoms with Gasteiger partial charge in [-0.2, -0.15) is 5.10 Å². The molecule has 1 aromatic carbocycles. The van der Waals surface area contributed by atoms with Crippen LogP contribution in [0.25, 0.3) is 10.2 Å². The molecule has 1 aliphatic rings. The lowest BCUT2D eigenvalue weighted by Gasteiger charge is -2.25. The molecule has 0 saturated carbocycles. The number of thiazole rings is 1. The largest absolute Gasteiger partial charge is 0.494 e. The van der Waals surface area contributed by atoms with Gasteiger partial charge >= 0.3 is 0 Å². The minimum absolute atomic E-state index is 0.00233. The van der Waals surface area contributed by atoms with E-state index in [4.69, 9.17) is 9.47 Å². The molecule has 9 nitrogen and oxygen atoms in total. The van der Waals surface area contributed by atoms with Crippen molar-refractivity contribution in [2.45, 2.75) is 20.4 Å². The van der Waals surface area contributed by atoms with Crippen molar-refractivity contribution in [3.8, 4) is 5.75 Å². The highest BCUT2D eigenvalue weighted by Gasteiger charge is 2.22. The first kappa shape index (κ1) is 20.3. The number of benzene rings is 1. The van der Waals surface area contributed by atoms with Crippen molar-refractivity contribution < 1.29 is 19.1 Å². The molecule has 0 unspecified atom stereocenters. The molecule has 2 amide bonds. The number of nitrogens with one attached hydrogen (secondary N) is 1. The first-order valence-electron chi connectivity index (χ1n) is 9.78. The fourth-order valence-corrected chi connectivity index (χ4v) is 4.12. The lowest BCUT2D eigenvalue weighted by Crippen LogP contribution is -2.40. The number of rotatable bonds is 6. The summed E-state index contributed by atoms with van der Waals surface area (Å²) in [4.78, 5) is 31.3. The number of fused-ring (bicyclic) bond motifs is 1. The molecule has 1 saturated heterocycles. The van der Waals surface area contributed by atoms with E-state index in [0.717, 1.165) is 21.7 Å². The molecule has 10 heteroatoms. The molecule has 1 fully saturated rings. The highest BCUT2D eigenvalue weighted by molar-refractivity contribution is 7.22. The lowest BCUT2D eigenvalue weighted by molar-refractivity contribution is -0.116. The van der Waals surface area contributed by atoms with E-state index in [1.807, 2.05) is 32.0 Å². The Hall–Kier alpha value is -2.98. The fraction of sp³-hybridized carbons (Fsp3) is 0.400. The zero-order chi connectivity index (χ0) is 21.1. The molecular weight excluding hydrogens is 406 g/mol. The van der Waals surface area contributed by atoms with Crippen LogP contribution in [0.2, 0.25) is 0 Å². The summed E-state index contributed by atoms with van der Waals surface area (Å²) in [6.45, 7) is 6.50. The normalized spacial score (nSPS) is 14.1. The highest BCUT2D eigenvalue weighted by atomic mass is 32.1. The van der Waals surface area contributed by atoms with Crippen molar-refractivity contribution in [3.05, 3.63) is 35.7 Å². The molecule has 3 aromatic rings. The Morgan fingerprint density at radius 3 is 2.83 bits per heavy atom. The molecule has 0 radical (unpaired) electrons. The zero-order valence-electron chi connectivity index (χ0n) is 16.9. The van der Waals surface area contributed by atoms with Crippen LogP contribution in [0.4, 0.5) is 5.13 Å². The number of hydrogen-bond acceptors (Lipinski definition) is 7. The van der Waals surface area contributed by atoms with Crippen molar-refractivity contribution in [2.75, 3.05) is 38.2 Å². The molecule has 158 valence electrons. The first-order chi connectivity index (χ1) is 14.5. The van der Waals surface area contributed by atoms with Crippen LogP contribution in [0.1, 0.15) is 23.1 Å². The average Bonchev–Trinajstić information content (AvgIpc) is 3.30. The van der Waals surface area contributed by atoms with Crippen molar-refractivity contribution in [1.82, 2.24) is 19.7 Å². The zero-order valence-corrected chi connectivity index (χ0v) is 17.7. The number of morpholine rings is 1. The second-order valence-corrected chi connectivity index (χ2v) is 7.89. The maximum atomic E-state index is 12.6. The lowest BCUT2D eigenvalue weighted by atomic mass is 10.3. The smallest absolute Gasteiger partial charge is 0.274 e. The molecule has 0 atom stereocenters. The Morgan fingerprint density at radius 1 is 1.27 bits per heavy atom. The van der Waals surface area contributed by atoms with Crippen molar-refractivity contribution in [1.29, 1.82) is 0 Å². The summed E-state index contributed by atoms with van der Waals surface area (Å²) in [6.07, 6.45) is 0. The SMILES string of the molecule is CCOc1ccc2nc(NC(=O)Cn3nc(C(=O)N4CCOCC4)cc3C)sc2c1. The molecule has 0 spiro atoms. The number of aryl methyl sites for hydroxylation is 1. The van der Waals surface area contributed by atoms with Crippen LogP contribution < -0.4 is 10.1 Å². The summed E-state index contributed by atoms with van der Waals surface area (Å²) < 4.78 is 13.3. The van der Waals surface area contributed by atoms with Gasteiger partial charge in [-0.15, -0.1) is 0 Å². The molecule has 4 rings (SSSR count). The van der Waals surface area contributed by atoms with E-state index in [9.17, 15) is 9.59 Å². The molecule has 1 N–H and O–H groups in total.